The predicted molar refractivity (Wildman–Crippen MR) is 102 cm³/mol. The molecule has 1 aliphatic rings. The summed E-state index contributed by atoms with van der Waals surface area (Å²) in [6.45, 7) is 0.944. The number of hydrogen-bond donors (Lipinski definition) is 2. The number of para-hydroxylation sites is 1. The first-order valence-electron chi connectivity index (χ1n) is 8.71. The van der Waals surface area contributed by atoms with E-state index in [0.29, 0.717) is 18.8 Å². The number of amides is 1. The summed E-state index contributed by atoms with van der Waals surface area (Å²) in [5.41, 5.74) is 0.411. The highest BCUT2D eigenvalue weighted by molar-refractivity contribution is 7.89. The fourth-order valence-electron chi connectivity index (χ4n) is 3.06. The summed E-state index contributed by atoms with van der Waals surface area (Å²) in [5.74, 6) is -0.453. The fourth-order valence-corrected chi connectivity index (χ4v) is 4.76. The van der Waals surface area contributed by atoms with E-state index in [-0.39, 0.29) is 22.0 Å². The predicted octanol–water partition coefficient (Wildman–Crippen LogP) is 2.83. The number of nitrogens with zero attached hydrogens (tertiary/aromatic N) is 1. The molecule has 2 aromatic rings. The molecule has 0 aromatic heterocycles. The van der Waals surface area contributed by atoms with Gasteiger partial charge in [-0.15, -0.1) is 0 Å². The summed E-state index contributed by atoms with van der Waals surface area (Å²) < 4.78 is 32.7. The van der Waals surface area contributed by atoms with Crippen molar-refractivity contribution >= 4 is 21.6 Å². The van der Waals surface area contributed by atoms with E-state index < -0.39 is 15.9 Å². The number of anilines is 1. The van der Waals surface area contributed by atoms with Gasteiger partial charge in [0.25, 0.3) is 5.91 Å². The summed E-state index contributed by atoms with van der Waals surface area (Å²) in [4.78, 5) is 12.4. The van der Waals surface area contributed by atoms with E-state index in [9.17, 15) is 18.3 Å². The molecule has 1 aliphatic heterocycles. The van der Waals surface area contributed by atoms with Gasteiger partial charge < -0.3 is 15.2 Å². The molecule has 1 amide bonds. The van der Waals surface area contributed by atoms with Crippen LogP contribution in [0.15, 0.2) is 47.4 Å². The van der Waals surface area contributed by atoms with Crippen LogP contribution in [0.5, 0.6) is 11.5 Å². The van der Waals surface area contributed by atoms with Gasteiger partial charge in [0.15, 0.2) is 0 Å². The highest BCUT2D eigenvalue weighted by atomic mass is 32.2. The Hall–Kier alpha value is -2.58. The summed E-state index contributed by atoms with van der Waals surface area (Å²) in [5, 5.41) is 12.4. The van der Waals surface area contributed by atoms with E-state index >= 15 is 0 Å². The zero-order valence-electron chi connectivity index (χ0n) is 15.0. The van der Waals surface area contributed by atoms with Gasteiger partial charge in [-0.25, -0.2) is 8.42 Å². The minimum Gasteiger partial charge on any atom is -0.507 e. The number of hydrogen-bond acceptors (Lipinski definition) is 5. The maximum atomic E-state index is 13.0. The number of sulfonamides is 1. The highest BCUT2D eigenvalue weighted by Crippen LogP contribution is 2.31. The van der Waals surface area contributed by atoms with Crippen molar-refractivity contribution in [1.29, 1.82) is 0 Å². The van der Waals surface area contributed by atoms with E-state index in [4.69, 9.17) is 4.74 Å². The summed E-state index contributed by atoms with van der Waals surface area (Å²) in [6, 6.07) is 10.6. The molecule has 8 heteroatoms. The number of nitrogens with one attached hydrogen (secondary N) is 1. The van der Waals surface area contributed by atoms with Crippen molar-refractivity contribution in [3.8, 4) is 11.5 Å². The van der Waals surface area contributed by atoms with Gasteiger partial charge in [0, 0.05) is 18.8 Å². The number of piperidine rings is 1. The molecule has 0 bridgehead atoms. The Bertz CT molecular complexity index is 937. The van der Waals surface area contributed by atoms with Crippen LogP contribution in [0, 0.1) is 0 Å². The normalized spacial score (nSPS) is 15.3. The Morgan fingerprint density at radius 1 is 1.11 bits per heavy atom. The molecule has 27 heavy (non-hydrogen) atoms. The average molecular weight is 390 g/mol. The monoisotopic (exact) mass is 390 g/mol. The van der Waals surface area contributed by atoms with Crippen LogP contribution in [-0.2, 0) is 10.0 Å². The largest absolute Gasteiger partial charge is 0.507 e. The van der Waals surface area contributed by atoms with Gasteiger partial charge in [-0.05, 0) is 43.2 Å². The quantitative estimate of drug-likeness (QED) is 0.818. The third-order valence-electron chi connectivity index (χ3n) is 4.50. The van der Waals surface area contributed by atoms with Crippen LogP contribution in [0.2, 0.25) is 0 Å². The SMILES string of the molecule is COc1ccc(NC(=O)c2ccccc2O)cc1S(=O)(=O)N1CCCCC1. The van der Waals surface area contributed by atoms with Crippen LogP contribution >= 0.6 is 0 Å². The molecule has 3 rings (SSSR count). The standard InChI is InChI=1S/C19H22N2O5S/c1-26-17-10-9-14(20-19(23)15-7-3-4-8-16(15)22)13-18(17)27(24,25)21-11-5-2-6-12-21/h3-4,7-10,13,22H,2,5-6,11-12H2,1H3,(H,20,23). The Morgan fingerprint density at radius 3 is 2.48 bits per heavy atom. The molecule has 1 heterocycles. The molecule has 2 aromatic carbocycles. The zero-order valence-corrected chi connectivity index (χ0v) is 15.8. The molecular weight excluding hydrogens is 368 g/mol. The smallest absolute Gasteiger partial charge is 0.259 e. The van der Waals surface area contributed by atoms with Crippen molar-refractivity contribution < 1.29 is 23.1 Å². The van der Waals surface area contributed by atoms with Crippen molar-refractivity contribution in [2.75, 3.05) is 25.5 Å². The van der Waals surface area contributed by atoms with Gasteiger partial charge >= 0.3 is 0 Å². The second-order valence-electron chi connectivity index (χ2n) is 6.30. The first-order valence-corrected chi connectivity index (χ1v) is 10.1. The number of carbonyl (C=O) groups excluding carboxylic acids is 1. The Kier molecular flexibility index (Phi) is 5.67. The van der Waals surface area contributed by atoms with Gasteiger partial charge in [-0.3, -0.25) is 4.79 Å². The zero-order chi connectivity index (χ0) is 19.4. The van der Waals surface area contributed by atoms with E-state index in [0.717, 1.165) is 19.3 Å². The van der Waals surface area contributed by atoms with Crippen molar-refractivity contribution in [2.24, 2.45) is 0 Å². The van der Waals surface area contributed by atoms with Crippen molar-refractivity contribution in [1.82, 2.24) is 4.31 Å². The number of phenolic OH excluding ortho intramolecular Hbond substituents is 1. The second-order valence-corrected chi connectivity index (χ2v) is 8.21. The van der Waals surface area contributed by atoms with Gasteiger partial charge in [0.2, 0.25) is 10.0 Å². The lowest BCUT2D eigenvalue weighted by molar-refractivity contribution is 0.102. The number of benzene rings is 2. The molecule has 7 nitrogen and oxygen atoms in total. The van der Waals surface area contributed by atoms with E-state index in [1.54, 1.807) is 18.2 Å². The Morgan fingerprint density at radius 2 is 1.81 bits per heavy atom. The molecule has 0 unspecified atom stereocenters. The number of phenols is 1. The van der Waals surface area contributed by atoms with Gasteiger partial charge in [0.05, 0.1) is 12.7 Å². The molecule has 0 spiro atoms. The lowest BCUT2D eigenvalue weighted by atomic mass is 10.2. The van der Waals surface area contributed by atoms with Crippen LogP contribution in [0.3, 0.4) is 0 Å². The molecule has 0 atom stereocenters. The van der Waals surface area contributed by atoms with Crippen LogP contribution < -0.4 is 10.1 Å². The van der Waals surface area contributed by atoms with Crippen molar-refractivity contribution in [2.45, 2.75) is 24.2 Å². The van der Waals surface area contributed by atoms with Gasteiger partial charge in [-0.2, -0.15) is 4.31 Å². The molecule has 0 radical (unpaired) electrons. The fraction of sp³-hybridized carbons (Fsp3) is 0.316. The summed E-state index contributed by atoms with van der Waals surface area (Å²) >= 11 is 0. The number of methoxy groups -OCH3 is 1. The van der Waals surface area contributed by atoms with Crippen molar-refractivity contribution in [3.05, 3.63) is 48.0 Å². The van der Waals surface area contributed by atoms with E-state index in [2.05, 4.69) is 5.32 Å². The first-order chi connectivity index (χ1) is 12.9. The maximum Gasteiger partial charge on any atom is 0.259 e. The van der Waals surface area contributed by atoms with Gasteiger partial charge in [0.1, 0.15) is 16.4 Å². The lowest BCUT2D eigenvalue weighted by Crippen LogP contribution is -2.35. The van der Waals surface area contributed by atoms with Crippen LogP contribution in [0.4, 0.5) is 5.69 Å². The minimum atomic E-state index is -3.73. The third-order valence-corrected chi connectivity index (χ3v) is 6.42. The highest BCUT2D eigenvalue weighted by Gasteiger charge is 2.29. The number of rotatable bonds is 5. The molecule has 2 N–H and O–H groups in total. The molecule has 0 saturated carbocycles. The molecule has 0 aliphatic carbocycles. The first kappa shape index (κ1) is 19.2. The van der Waals surface area contributed by atoms with E-state index in [1.165, 1.54) is 35.7 Å². The van der Waals surface area contributed by atoms with Crippen molar-refractivity contribution in [3.63, 3.8) is 0 Å². The molecule has 1 saturated heterocycles. The summed E-state index contributed by atoms with van der Waals surface area (Å²) in [7, 11) is -2.32. The maximum absolute atomic E-state index is 13.0. The Labute approximate surface area is 158 Å². The average Bonchev–Trinajstić information content (AvgIpc) is 2.69. The third kappa shape index (κ3) is 4.06. The lowest BCUT2D eigenvalue weighted by Gasteiger charge is -2.26. The molecule has 144 valence electrons. The topological polar surface area (TPSA) is 95.9 Å². The second kappa shape index (κ2) is 7.98. The summed E-state index contributed by atoms with van der Waals surface area (Å²) in [6.07, 6.45) is 2.66. The Balaban J connectivity index is 1.92. The molecule has 1 fully saturated rings. The number of aromatic hydroxyl groups is 1. The number of ether oxygens (including phenoxy) is 1. The molecular formula is C19H22N2O5S. The van der Waals surface area contributed by atoms with Crippen LogP contribution in [-0.4, -0.2) is 43.9 Å². The van der Waals surface area contributed by atoms with Crippen LogP contribution in [0.25, 0.3) is 0 Å². The minimum absolute atomic E-state index is 0.0157. The number of carbonyl (C=O) groups is 1. The van der Waals surface area contributed by atoms with E-state index in [1.807, 2.05) is 0 Å². The van der Waals surface area contributed by atoms with Gasteiger partial charge in [-0.1, -0.05) is 18.6 Å². The van der Waals surface area contributed by atoms with Crippen LogP contribution in [0.1, 0.15) is 29.6 Å².